The van der Waals surface area contributed by atoms with Gasteiger partial charge in [0, 0.05) is 23.7 Å². The number of aryl methyl sites for hydroxylation is 1. The van der Waals surface area contributed by atoms with Crippen molar-refractivity contribution in [1.82, 2.24) is 0 Å². The second kappa shape index (κ2) is 17.3. The van der Waals surface area contributed by atoms with Crippen LogP contribution in [0.1, 0.15) is 106 Å². The average Bonchev–Trinajstić information content (AvgIpc) is 3.32. The summed E-state index contributed by atoms with van der Waals surface area (Å²) in [6.07, 6.45) is 15.8. The molecule has 1 heterocycles. The van der Waals surface area contributed by atoms with E-state index in [4.69, 9.17) is 16.3 Å². The maximum Gasteiger partial charge on any atom is 0.256 e. The van der Waals surface area contributed by atoms with Crippen molar-refractivity contribution in [2.75, 3.05) is 11.9 Å². The molecule has 1 amide bonds. The largest absolute Gasteiger partial charge is 0.492 e. The molecule has 0 bridgehead atoms. The zero-order chi connectivity index (χ0) is 27.0. The lowest BCUT2D eigenvalue weighted by molar-refractivity contribution is -0.689. The van der Waals surface area contributed by atoms with Crippen LogP contribution in [0.5, 0.6) is 5.75 Å². The molecular weight excluding hydrogens is 512 g/mol. The Morgan fingerprint density at radius 3 is 2.21 bits per heavy atom. The first-order valence-corrected chi connectivity index (χ1v) is 15.6. The Hall–Kier alpha value is -2.37. The molecule has 3 rings (SSSR count). The second-order valence-corrected chi connectivity index (χ2v) is 11.2. The number of carbonyl (C=O) groups excluding carboxylic acids is 1. The summed E-state index contributed by atoms with van der Waals surface area (Å²) < 4.78 is 8.06. The van der Waals surface area contributed by atoms with Crippen molar-refractivity contribution in [2.45, 2.75) is 97.4 Å². The highest BCUT2D eigenvalue weighted by atomic mass is 35.5. The predicted octanol–water partition coefficient (Wildman–Crippen LogP) is 9.38. The van der Waals surface area contributed by atoms with E-state index in [1.54, 1.807) is 17.4 Å². The highest BCUT2D eigenvalue weighted by Gasteiger charge is 2.16. The standard InChI is InChI=1S/C32H43ClN2O2S/c1-3-4-5-6-7-8-9-10-11-12-13-16-21-37-31-20-19-28(22-30(31)33)34-32(36)29-18-15-14-17-27(29)23-35-25-38-24-26(35)2/h14-15,17-20,22,24-25H,3-13,16,21,23H2,1-2H3/p+1. The molecule has 0 aliphatic rings. The Morgan fingerprint density at radius 2 is 1.58 bits per heavy atom. The van der Waals surface area contributed by atoms with Gasteiger partial charge in [-0.3, -0.25) is 4.79 Å². The first-order chi connectivity index (χ1) is 18.6. The monoisotopic (exact) mass is 555 g/mol. The number of halogens is 1. The van der Waals surface area contributed by atoms with E-state index in [0.717, 1.165) is 12.0 Å². The number of benzene rings is 2. The van der Waals surface area contributed by atoms with Crippen LogP contribution in [0.4, 0.5) is 5.69 Å². The quantitative estimate of drug-likeness (QED) is 0.125. The molecule has 0 spiro atoms. The number of hydrogen-bond acceptors (Lipinski definition) is 3. The molecule has 3 aromatic rings. The topological polar surface area (TPSA) is 42.2 Å². The van der Waals surface area contributed by atoms with Crippen LogP contribution in [0, 0.1) is 6.92 Å². The maximum atomic E-state index is 13.1. The molecule has 0 aliphatic carbocycles. The van der Waals surface area contributed by atoms with Crippen molar-refractivity contribution in [2.24, 2.45) is 0 Å². The van der Waals surface area contributed by atoms with Gasteiger partial charge in [0.25, 0.3) is 5.91 Å². The third-order valence-corrected chi connectivity index (χ3v) is 8.08. The van der Waals surface area contributed by atoms with Crippen LogP contribution in [0.15, 0.2) is 53.4 Å². The van der Waals surface area contributed by atoms with Crippen molar-refractivity contribution in [3.63, 3.8) is 0 Å². The lowest BCUT2D eigenvalue weighted by Crippen LogP contribution is -2.35. The summed E-state index contributed by atoms with van der Waals surface area (Å²) in [6.45, 7) is 5.66. The Kier molecular flexibility index (Phi) is 13.7. The lowest BCUT2D eigenvalue weighted by Gasteiger charge is -2.12. The molecule has 0 unspecified atom stereocenters. The summed E-state index contributed by atoms with van der Waals surface area (Å²) in [5.41, 5.74) is 5.54. The van der Waals surface area contributed by atoms with Gasteiger partial charge < -0.3 is 10.1 Å². The first kappa shape index (κ1) is 30.2. The Labute approximate surface area is 238 Å². The molecule has 0 radical (unpaired) electrons. The number of thiazole rings is 1. The van der Waals surface area contributed by atoms with Gasteiger partial charge in [0.05, 0.1) is 17.0 Å². The third kappa shape index (κ3) is 10.4. The Morgan fingerprint density at radius 1 is 0.921 bits per heavy atom. The summed E-state index contributed by atoms with van der Waals surface area (Å²) in [6, 6.07) is 13.2. The van der Waals surface area contributed by atoms with Crippen molar-refractivity contribution in [1.29, 1.82) is 0 Å². The second-order valence-electron chi connectivity index (χ2n) is 10.1. The van der Waals surface area contributed by atoms with E-state index in [1.807, 2.05) is 36.4 Å². The van der Waals surface area contributed by atoms with Crippen LogP contribution in [0.2, 0.25) is 5.02 Å². The van der Waals surface area contributed by atoms with Crippen molar-refractivity contribution >= 4 is 34.5 Å². The van der Waals surface area contributed by atoms with E-state index in [9.17, 15) is 4.79 Å². The molecule has 2 aromatic carbocycles. The summed E-state index contributed by atoms with van der Waals surface area (Å²) >= 11 is 8.13. The maximum absolute atomic E-state index is 13.1. The van der Waals surface area contributed by atoms with Crippen LogP contribution in [-0.2, 0) is 6.54 Å². The van der Waals surface area contributed by atoms with Gasteiger partial charge in [-0.05, 0) is 30.7 Å². The van der Waals surface area contributed by atoms with E-state index >= 15 is 0 Å². The summed E-state index contributed by atoms with van der Waals surface area (Å²) in [4.78, 5) is 13.1. The lowest BCUT2D eigenvalue weighted by atomic mass is 10.1. The van der Waals surface area contributed by atoms with E-state index < -0.39 is 0 Å². The molecule has 0 atom stereocenters. The smallest absolute Gasteiger partial charge is 0.256 e. The summed E-state index contributed by atoms with van der Waals surface area (Å²) in [7, 11) is 0. The highest BCUT2D eigenvalue weighted by Crippen LogP contribution is 2.28. The highest BCUT2D eigenvalue weighted by molar-refractivity contribution is 7.07. The van der Waals surface area contributed by atoms with Crippen LogP contribution < -0.4 is 14.6 Å². The van der Waals surface area contributed by atoms with Crippen LogP contribution >= 0.6 is 22.9 Å². The van der Waals surface area contributed by atoms with Gasteiger partial charge in [-0.1, -0.05) is 119 Å². The van der Waals surface area contributed by atoms with Gasteiger partial charge in [0.2, 0.25) is 5.51 Å². The fourth-order valence-electron chi connectivity index (χ4n) is 4.60. The van der Waals surface area contributed by atoms with E-state index in [1.165, 1.54) is 76.3 Å². The summed E-state index contributed by atoms with van der Waals surface area (Å²) in [5, 5.41) is 5.61. The zero-order valence-corrected chi connectivity index (χ0v) is 24.7. The van der Waals surface area contributed by atoms with Crippen molar-refractivity contribution in [3.05, 3.63) is 75.2 Å². The van der Waals surface area contributed by atoms with E-state index in [0.29, 0.717) is 35.2 Å². The fourth-order valence-corrected chi connectivity index (χ4v) is 5.61. The minimum absolute atomic E-state index is 0.143. The fraction of sp³-hybridized carbons (Fsp3) is 0.500. The van der Waals surface area contributed by atoms with Crippen molar-refractivity contribution in [3.8, 4) is 5.75 Å². The zero-order valence-electron chi connectivity index (χ0n) is 23.1. The van der Waals surface area contributed by atoms with Gasteiger partial charge in [-0.15, -0.1) is 0 Å². The number of amides is 1. The average molecular weight is 556 g/mol. The number of anilines is 1. The SMILES string of the molecule is CCCCCCCCCCCCCCOc1ccc(NC(=O)c2ccccc2C[n+]2cscc2C)cc1Cl. The molecule has 1 N–H and O–H groups in total. The number of unbranched alkanes of at least 4 members (excludes halogenated alkanes) is 11. The minimum atomic E-state index is -0.143. The number of carbonyl (C=O) groups is 1. The molecule has 38 heavy (non-hydrogen) atoms. The molecule has 0 fully saturated rings. The molecule has 6 heteroatoms. The first-order valence-electron chi connectivity index (χ1n) is 14.3. The number of aromatic nitrogens is 1. The molecule has 0 saturated heterocycles. The van der Waals surface area contributed by atoms with Gasteiger partial charge in [-0.25, -0.2) is 0 Å². The Bertz CT molecular complexity index is 1110. The molecule has 1 aromatic heterocycles. The van der Waals surface area contributed by atoms with Gasteiger partial charge in [0.15, 0.2) is 12.2 Å². The molecular formula is C32H44ClN2O2S+. The molecule has 0 saturated carbocycles. The van der Waals surface area contributed by atoms with Gasteiger partial charge in [-0.2, -0.15) is 4.57 Å². The minimum Gasteiger partial charge on any atom is -0.492 e. The van der Waals surface area contributed by atoms with E-state index in [2.05, 4.69) is 34.6 Å². The third-order valence-electron chi connectivity index (χ3n) is 6.93. The molecule has 206 valence electrons. The van der Waals surface area contributed by atoms with Crippen molar-refractivity contribution < 1.29 is 14.1 Å². The Balaban J connectivity index is 1.36. The number of nitrogens with one attached hydrogen (secondary N) is 1. The number of rotatable bonds is 18. The predicted molar refractivity (Wildman–Crippen MR) is 161 cm³/mol. The van der Waals surface area contributed by atoms with E-state index in [-0.39, 0.29) is 5.91 Å². The van der Waals surface area contributed by atoms with Crippen LogP contribution in [0.25, 0.3) is 0 Å². The van der Waals surface area contributed by atoms with Crippen LogP contribution in [0.3, 0.4) is 0 Å². The van der Waals surface area contributed by atoms with Crippen LogP contribution in [-0.4, -0.2) is 12.5 Å². The van der Waals surface area contributed by atoms with Gasteiger partial charge >= 0.3 is 0 Å². The number of hydrogen-bond donors (Lipinski definition) is 1. The normalized spacial score (nSPS) is 11.0. The summed E-state index contributed by atoms with van der Waals surface area (Å²) in [5.74, 6) is 0.521. The molecule has 4 nitrogen and oxygen atoms in total. The number of ether oxygens (including phenoxy) is 1. The van der Waals surface area contributed by atoms with Gasteiger partial charge in [0.1, 0.15) is 5.75 Å². The number of nitrogens with zero attached hydrogens (tertiary/aromatic N) is 1. The molecule has 0 aliphatic heterocycles.